The molecule has 152 valence electrons. The van der Waals surface area contributed by atoms with Gasteiger partial charge in [0.2, 0.25) is 0 Å². The molecule has 0 amide bonds. The minimum absolute atomic E-state index is 0.214. The molecule has 1 heterocycles. The lowest BCUT2D eigenvalue weighted by atomic mass is 9.79. The van der Waals surface area contributed by atoms with E-state index >= 15 is 0 Å². The van der Waals surface area contributed by atoms with Crippen molar-refractivity contribution in [2.45, 2.75) is 69.6 Å². The highest BCUT2D eigenvalue weighted by Gasteiger charge is 2.43. The highest BCUT2D eigenvalue weighted by Crippen LogP contribution is 2.25. The van der Waals surface area contributed by atoms with Gasteiger partial charge in [0.15, 0.2) is 0 Å². The summed E-state index contributed by atoms with van der Waals surface area (Å²) in [5.74, 6) is -0.248. The maximum Gasteiger partial charge on any atom is 0.147 e. The number of piperidine rings is 1. The molecule has 1 saturated heterocycles. The average Bonchev–Trinajstić information content (AvgIpc) is 2.71. The first-order valence-electron chi connectivity index (χ1n) is 10.9. The molecular formula is C22H37FN2O2+2. The number of benzene rings is 1. The van der Waals surface area contributed by atoms with Crippen LogP contribution in [0.4, 0.5) is 4.39 Å². The molecule has 1 aliphatic heterocycles. The van der Waals surface area contributed by atoms with Crippen LogP contribution in [-0.4, -0.2) is 49.5 Å². The smallest absolute Gasteiger partial charge is 0.147 e. The van der Waals surface area contributed by atoms with Gasteiger partial charge in [-0.2, -0.15) is 0 Å². The first kappa shape index (κ1) is 20.7. The predicted octanol–water partition coefficient (Wildman–Crippen LogP) is 1.04. The van der Waals surface area contributed by atoms with Gasteiger partial charge in [-0.05, 0) is 38.2 Å². The second-order valence-electron chi connectivity index (χ2n) is 8.49. The molecule has 5 heteroatoms. The summed E-state index contributed by atoms with van der Waals surface area (Å²) in [4.78, 5) is 1.81. The van der Waals surface area contributed by atoms with Gasteiger partial charge in [-0.25, -0.2) is 4.39 Å². The lowest BCUT2D eigenvalue weighted by molar-refractivity contribution is -0.972. The van der Waals surface area contributed by atoms with Crippen LogP contribution in [0.1, 0.15) is 56.9 Å². The Morgan fingerprint density at radius 2 is 1.78 bits per heavy atom. The van der Waals surface area contributed by atoms with Crippen molar-refractivity contribution in [1.82, 2.24) is 0 Å². The van der Waals surface area contributed by atoms with Gasteiger partial charge < -0.3 is 20.1 Å². The van der Waals surface area contributed by atoms with Crippen molar-refractivity contribution < 1.29 is 24.5 Å². The first-order valence-corrected chi connectivity index (χ1v) is 10.9. The molecular weight excluding hydrogens is 343 g/mol. The van der Waals surface area contributed by atoms with Crippen LogP contribution in [0, 0.1) is 5.82 Å². The quantitative estimate of drug-likeness (QED) is 0.600. The maximum absolute atomic E-state index is 13.6. The molecule has 0 unspecified atom stereocenters. The third kappa shape index (κ3) is 5.98. The van der Waals surface area contributed by atoms with E-state index in [9.17, 15) is 9.50 Å². The molecule has 4 nitrogen and oxygen atoms in total. The number of hydrogen-bond donors (Lipinski definition) is 3. The number of quaternary nitrogens is 2. The van der Waals surface area contributed by atoms with Gasteiger partial charge in [-0.1, -0.05) is 24.6 Å². The van der Waals surface area contributed by atoms with Crippen molar-refractivity contribution in [3.8, 4) is 0 Å². The van der Waals surface area contributed by atoms with Crippen LogP contribution in [0.15, 0.2) is 24.3 Å². The van der Waals surface area contributed by atoms with Crippen molar-refractivity contribution in [3.05, 3.63) is 35.6 Å². The monoisotopic (exact) mass is 380 g/mol. The van der Waals surface area contributed by atoms with Crippen molar-refractivity contribution in [2.75, 3.05) is 32.8 Å². The van der Waals surface area contributed by atoms with E-state index in [0.717, 1.165) is 6.54 Å². The molecule has 0 bridgehead atoms. The summed E-state index contributed by atoms with van der Waals surface area (Å²) in [6.07, 6.45) is 10.4. The molecule has 1 saturated carbocycles. The Bertz CT molecular complexity index is 557. The Labute approximate surface area is 163 Å². The zero-order valence-electron chi connectivity index (χ0n) is 16.6. The van der Waals surface area contributed by atoms with E-state index < -0.39 is 6.10 Å². The highest BCUT2D eigenvalue weighted by atomic mass is 19.1. The minimum atomic E-state index is -0.506. The number of ether oxygens (including phenoxy) is 1. The number of hydrogen-bond acceptors (Lipinski definition) is 2. The van der Waals surface area contributed by atoms with E-state index in [2.05, 4.69) is 5.32 Å². The Kier molecular flexibility index (Phi) is 8.07. The topological polar surface area (TPSA) is 50.5 Å². The Morgan fingerprint density at radius 3 is 2.52 bits per heavy atom. The molecule has 2 fully saturated rings. The molecule has 0 radical (unpaired) electrons. The van der Waals surface area contributed by atoms with E-state index in [1.807, 2.05) is 4.90 Å². The van der Waals surface area contributed by atoms with Crippen LogP contribution in [0.25, 0.3) is 0 Å². The van der Waals surface area contributed by atoms with E-state index in [0.29, 0.717) is 17.6 Å². The Hall–Kier alpha value is -1.01. The lowest BCUT2D eigenvalue weighted by Crippen LogP contribution is -3.24. The van der Waals surface area contributed by atoms with Crippen LogP contribution < -0.4 is 10.2 Å². The number of aliphatic hydroxyl groups excluding tert-OH is 1. The summed E-state index contributed by atoms with van der Waals surface area (Å²) in [6, 6.07) is 6.64. The van der Waals surface area contributed by atoms with Crippen molar-refractivity contribution in [1.29, 1.82) is 0 Å². The standard InChI is InChI=1S/C22H35FN2O2/c23-21-10-4-3-9-19(21)16-27-17-20(26)15-24-18-22(11-5-1-6-12-22)25-13-7-2-8-14-25/h3-4,9-10,20,24,26H,1-2,5-8,11-18H2/p+2/t20-/m0/s1. The molecule has 2 aliphatic rings. The largest absolute Gasteiger partial charge is 0.385 e. The zero-order valence-corrected chi connectivity index (χ0v) is 16.6. The third-order valence-electron chi connectivity index (χ3n) is 6.52. The molecule has 1 aliphatic carbocycles. The summed E-state index contributed by atoms with van der Waals surface area (Å²) in [6.45, 7) is 4.88. The molecule has 0 spiro atoms. The summed E-state index contributed by atoms with van der Waals surface area (Å²) >= 11 is 0. The van der Waals surface area contributed by atoms with Gasteiger partial charge >= 0.3 is 0 Å². The number of rotatable bonds is 9. The van der Waals surface area contributed by atoms with Crippen molar-refractivity contribution >= 4 is 0 Å². The second-order valence-corrected chi connectivity index (χ2v) is 8.49. The van der Waals surface area contributed by atoms with E-state index in [1.165, 1.54) is 70.5 Å². The van der Waals surface area contributed by atoms with E-state index in [1.54, 1.807) is 18.2 Å². The van der Waals surface area contributed by atoms with Crippen LogP contribution in [0.3, 0.4) is 0 Å². The number of aliphatic hydroxyl groups is 1. The van der Waals surface area contributed by atoms with Crippen LogP contribution in [0.2, 0.25) is 0 Å². The summed E-state index contributed by atoms with van der Waals surface area (Å²) in [5.41, 5.74) is 0.954. The van der Waals surface area contributed by atoms with Gasteiger partial charge in [0.1, 0.15) is 30.5 Å². The molecule has 1 atom stereocenters. The normalized spacial score (nSPS) is 21.9. The number of halogens is 1. The molecule has 0 aromatic heterocycles. The number of nitrogens with two attached hydrogens (primary N) is 1. The van der Waals surface area contributed by atoms with Crippen LogP contribution in [0.5, 0.6) is 0 Å². The van der Waals surface area contributed by atoms with Crippen LogP contribution >= 0.6 is 0 Å². The minimum Gasteiger partial charge on any atom is -0.385 e. The maximum atomic E-state index is 13.6. The molecule has 1 aromatic carbocycles. The fourth-order valence-electron chi connectivity index (χ4n) is 4.98. The van der Waals surface area contributed by atoms with Gasteiger partial charge in [0, 0.05) is 18.4 Å². The second kappa shape index (κ2) is 10.5. The van der Waals surface area contributed by atoms with E-state index in [4.69, 9.17) is 4.74 Å². The van der Waals surface area contributed by atoms with Gasteiger partial charge in [-0.15, -0.1) is 0 Å². The molecule has 1 aromatic rings. The fraction of sp³-hybridized carbons (Fsp3) is 0.727. The van der Waals surface area contributed by atoms with Crippen molar-refractivity contribution in [2.24, 2.45) is 0 Å². The summed E-state index contributed by atoms with van der Waals surface area (Å²) in [5, 5.41) is 12.6. The van der Waals surface area contributed by atoms with Gasteiger partial charge in [0.25, 0.3) is 0 Å². The average molecular weight is 381 g/mol. The van der Waals surface area contributed by atoms with Gasteiger partial charge in [0.05, 0.1) is 26.3 Å². The Morgan fingerprint density at radius 1 is 1.07 bits per heavy atom. The Balaban J connectivity index is 1.40. The summed E-state index contributed by atoms with van der Waals surface area (Å²) < 4.78 is 19.1. The number of nitrogens with one attached hydrogen (secondary N) is 1. The summed E-state index contributed by atoms with van der Waals surface area (Å²) in [7, 11) is 0. The highest BCUT2D eigenvalue weighted by molar-refractivity contribution is 5.16. The molecule has 3 rings (SSSR count). The predicted molar refractivity (Wildman–Crippen MR) is 104 cm³/mol. The molecule has 27 heavy (non-hydrogen) atoms. The van der Waals surface area contributed by atoms with Crippen molar-refractivity contribution in [3.63, 3.8) is 0 Å². The fourth-order valence-corrected chi connectivity index (χ4v) is 4.98. The SMILES string of the molecule is O[C@@H](C[NH2+]CC1([NH+]2CCCCC2)CCCCC1)COCc1ccccc1F. The van der Waals surface area contributed by atoms with Crippen LogP contribution in [-0.2, 0) is 11.3 Å². The third-order valence-corrected chi connectivity index (χ3v) is 6.52. The number of likely N-dealkylation sites (tertiary alicyclic amines) is 1. The van der Waals surface area contributed by atoms with Gasteiger partial charge in [-0.3, -0.25) is 0 Å². The molecule has 4 N–H and O–H groups in total. The van der Waals surface area contributed by atoms with E-state index in [-0.39, 0.29) is 19.0 Å². The zero-order chi connectivity index (χ0) is 19.0. The lowest BCUT2D eigenvalue weighted by Gasteiger charge is -2.43. The first-order chi connectivity index (χ1) is 13.2.